The average Bonchev–Trinajstić information content (AvgIpc) is 2.64. The van der Waals surface area contributed by atoms with Gasteiger partial charge < -0.3 is 9.47 Å². The molecule has 0 amide bonds. The van der Waals surface area contributed by atoms with Crippen molar-refractivity contribution in [2.45, 2.75) is 11.5 Å². The fraction of sp³-hybridized carbons (Fsp3) is 0.167. The first-order valence-electron chi connectivity index (χ1n) is 7.79. The van der Waals surface area contributed by atoms with Gasteiger partial charge in [0.2, 0.25) is 0 Å². The van der Waals surface area contributed by atoms with E-state index in [1.54, 1.807) is 0 Å². The van der Waals surface area contributed by atoms with Crippen LogP contribution in [0.25, 0.3) is 6.08 Å². The van der Waals surface area contributed by atoms with Gasteiger partial charge in [-0.05, 0) is 30.3 Å². The Bertz CT molecular complexity index is 993. The van der Waals surface area contributed by atoms with E-state index in [-0.39, 0.29) is 28.2 Å². The summed E-state index contributed by atoms with van der Waals surface area (Å²) in [5.74, 6) is -1.47. The van der Waals surface area contributed by atoms with E-state index < -0.39 is 34.6 Å². The fourth-order valence-electron chi connectivity index (χ4n) is 2.68. The SMILES string of the molecule is COc1cc(/C=C2/CSc3ccc(F)cc3C2=O)c([N+](=O)[O-])cc1OC(F)F. The number of halogens is 3. The van der Waals surface area contributed by atoms with Gasteiger partial charge >= 0.3 is 6.61 Å². The van der Waals surface area contributed by atoms with Gasteiger partial charge in [-0.25, -0.2) is 4.39 Å². The first kappa shape index (κ1) is 19.7. The predicted molar refractivity (Wildman–Crippen MR) is 95.7 cm³/mol. The molecule has 1 aliphatic rings. The van der Waals surface area contributed by atoms with E-state index in [4.69, 9.17) is 4.74 Å². The van der Waals surface area contributed by atoms with Gasteiger partial charge in [0.05, 0.1) is 23.7 Å². The molecule has 28 heavy (non-hydrogen) atoms. The third kappa shape index (κ3) is 3.96. The summed E-state index contributed by atoms with van der Waals surface area (Å²) in [7, 11) is 1.19. The Morgan fingerprint density at radius 3 is 2.64 bits per heavy atom. The molecule has 0 saturated carbocycles. The molecular formula is C18H12F3NO5S. The molecule has 146 valence electrons. The highest BCUT2D eigenvalue weighted by atomic mass is 32.2. The van der Waals surface area contributed by atoms with Crippen molar-refractivity contribution in [2.75, 3.05) is 12.9 Å². The van der Waals surface area contributed by atoms with Gasteiger partial charge in [0.25, 0.3) is 5.69 Å². The molecule has 0 aliphatic carbocycles. The Morgan fingerprint density at radius 1 is 1.25 bits per heavy atom. The zero-order valence-corrected chi connectivity index (χ0v) is 15.1. The van der Waals surface area contributed by atoms with Crippen LogP contribution >= 0.6 is 11.8 Å². The van der Waals surface area contributed by atoms with Crippen LogP contribution in [-0.4, -0.2) is 30.2 Å². The molecule has 3 rings (SSSR count). The van der Waals surface area contributed by atoms with E-state index in [0.29, 0.717) is 4.90 Å². The number of hydrogen-bond acceptors (Lipinski definition) is 6. The first-order valence-corrected chi connectivity index (χ1v) is 8.77. The van der Waals surface area contributed by atoms with Crippen molar-refractivity contribution in [1.29, 1.82) is 0 Å². The van der Waals surface area contributed by atoms with Crippen LogP contribution in [0.5, 0.6) is 11.5 Å². The van der Waals surface area contributed by atoms with Crippen molar-refractivity contribution in [3.63, 3.8) is 0 Å². The highest BCUT2D eigenvalue weighted by Gasteiger charge is 2.26. The van der Waals surface area contributed by atoms with Crippen molar-refractivity contribution >= 4 is 29.3 Å². The molecule has 0 bridgehead atoms. The summed E-state index contributed by atoms with van der Waals surface area (Å²) in [6.45, 7) is -3.19. The minimum Gasteiger partial charge on any atom is -0.493 e. The van der Waals surface area contributed by atoms with Gasteiger partial charge in [0, 0.05) is 21.8 Å². The molecule has 0 spiro atoms. The number of hydrogen-bond donors (Lipinski definition) is 0. The second-order valence-corrected chi connectivity index (χ2v) is 6.64. The number of benzene rings is 2. The number of rotatable bonds is 5. The van der Waals surface area contributed by atoms with Gasteiger partial charge in [0.15, 0.2) is 17.3 Å². The minimum absolute atomic E-state index is 0.0210. The molecule has 2 aromatic rings. The Kier molecular flexibility index (Phi) is 5.59. The van der Waals surface area contributed by atoms with Crippen LogP contribution in [0.15, 0.2) is 40.8 Å². The second kappa shape index (κ2) is 7.93. The molecule has 10 heteroatoms. The third-order valence-corrected chi connectivity index (χ3v) is 5.04. The Balaban J connectivity index is 2.08. The van der Waals surface area contributed by atoms with Crippen LogP contribution in [-0.2, 0) is 0 Å². The number of fused-ring (bicyclic) bond motifs is 1. The van der Waals surface area contributed by atoms with Gasteiger partial charge in [-0.3, -0.25) is 14.9 Å². The summed E-state index contributed by atoms with van der Waals surface area (Å²) >= 11 is 1.28. The van der Waals surface area contributed by atoms with Crippen LogP contribution in [0.2, 0.25) is 0 Å². The Labute approximate surface area is 161 Å². The van der Waals surface area contributed by atoms with Crippen molar-refractivity contribution in [2.24, 2.45) is 0 Å². The summed E-state index contributed by atoms with van der Waals surface area (Å²) in [4.78, 5) is 23.9. The number of ether oxygens (including phenoxy) is 2. The van der Waals surface area contributed by atoms with Crippen LogP contribution in [0.3, 0.4) is 0 Å². The smallest absolute Gasteiger partial charge is 0.387 e. The summed E-state index contributed by atoms with van der Waals surface area (Å²) in [5, 5.41) is 11.4. The monoisotopic (exact) mass is 411 g/mol. The van der Waals surface area contributed by atoms with Crippen LogP contribution < -0.4 is 9.47 Å². The lowest BCUT2D eigenvalue weighted by Crippen LogP contribution is -2.13. The third-order valence-electron chi connectivity index (χ3n) is 3.92. The number of carbonyl (C=O) groups excluding carboxylic acids is 1. The lowest BCUT2D eigenvalue weighted by atomic mass is 10.0. The van der Waals surface area contributed by atoms with E-state index in [0.717, 1.165) is 18.2 Å². The highest BCUT2D eigenvalue weighted by Crippen LogP contribution is 2.39. The van der Waals surface area contributed by atoms with E-state index in [1.165, 1.54) is 37.1 Å². The molecule has 0 unspecified atom stereocenters. The van der Waals surface area contributed by atoms with Gasteiger partial charge in [-0.1, -0.05) is 0 Å². The number of carbonyl (C=O) groups is 1. The van der Waals surface area contributed by atoms with Crippen molar-refractivity contribution in [3.8, 4) is 11.5 Å². The summed E-state index contributed by atoms with van der Waals surface area (Å²) in [6, 6.07) is 5.79. The maximum absolute atomic E-state index is 13.5. The Morgan fingerprint density at radius 2 is 2.00 bits per heavy atom. The first-order chi connectivity index (χ1) is 13.3. The minimum atomic E-state index is -3.19. The molecule has 0 aromatic heterocycles. The number of nitrogens with zero attached hydrogens (tertiary/aromatic N) is 1. The zero-order chi connectivity index (χ0) is 20.4. The highest BCUT2D eigenvalue weighted by molar-refractivity contribution is 7.99. The molecule has 0 fully saturated rings. The summed E-state index contributed by atoms with van der Waals surface area (Å²) < 4.78 is 47.8. The number of methoxy groups -OCH3 is 1. The van der Waals surface area contributed by atoms with E-state index in [2.05, 4.69) is 4.74 Å². The Hall–Kier alpha value is -3.01. The molecule has 6 nitrogen and oxygen atoms in total. The number of alkyl halides is 2. The van der Waals surface area contributed by atoms with Gasteiger partial charge in [-0.15, -0.1) is 11.8 Å². The number of ketones is 1. The molecular weight excluding hydrogens is 399 g/mol. The van der Waals surface area contributed by atoms with Crippen LogP contribution in [0, 0.1) is 15.9 Å². The normalized spacial score (nSPS) is 14.9. The zero-order valence-electron chi connectivity index (χ0n) is 14.3. The maximum Gasteiger partial charge on any atom is 0.387 e. The van der Waals surface area contributed by atoms with Gasteiger partial charge in [-0.2, -0.15) is 8.78 Å². The largest absolute Gasteiger partial charge is 0.493 e. The quantitative estimate of drug-likeness (QED) is 0.403. The summed E-state index contributed by atoms with van der Waals surface area (Å²) in [5.41, 5.74) is -0.190. The molecule has 2 aromatic carbocycles. The standard InChI is InChI=1S/C18H12F3NO5S/c1-26-14-5-9(13(22(24)25)7-15(14)27-18(20)21)4-10-8-28-16-3-2-11(19)6-12(16)17(10)23/h2-7,18H,8H2,1H3/b10-4-. The number of Topliss-reactive ketones (excluding diaryl/α,β-unsaturated/α-hetero) is 1. The lowest BCUT2D eigenvalue weighted by Gasteiger charge is -2.17. The molecule has 0 atom stereocenters. The number of thioether (sulfide) groups is 1. The average molecular weight is 411 g/mol. The number of nitro benzene ring substituents is 1. The molecule has 0 saturated heterocycles. The van der Waals surface area contributed by atoms with Crippen LogP contribution in [0.4, 0.5) is 18.9 Å². The molecule has 0 N–H and O–H groups in total. The molecule has 1 heterocycles. The van der Waals surface area contributed by atoms with Crippen molar-refractivity contribution in [3.05, 3.63) is 63.0 Å². The number of nitro groups is 1. The second-order valence-electron chi connectivity index (χ2n) is 5.63. The van der Waals surface area contributed by atoms with Crippen molar-refractivity contribution in [1.82, 2.24) is 0 Å². The van der Waals surface area contributed by atoms with Gasteiger partial charge in [0.1, 0.15) is 5.82 Å². The molecule has 1 aliphatic heterocycles. The topological polar surface area (TPSA) is 78.7 Å². The van der Waals surface area contributed by atoms with Crippen molar-refractivity contribution < 1.29 is 32.4 Å². The van der Waals surface area contributed by atoms with E-state index in [9.17, 15) is 28.1 Å². The fourth-order valence-corrected chi connectivity index (χ4v) is 3.68. The lowest BCUT2D eigenvalue weighted by molar-refractivity contribution is -0.385. The maximum atomic E-state index is 13.5. The van der Waals surface area contributed by atoms with E-state index >= 15 is 0 Å². The van der Waals surface area contributed by atoms with E-state index in [1.807, 2.05) is 0 Å². The predicted octanol–water partition coefficient (Wildman–Crippen LogP) is 4.72. The van der Waals surface area contributed by atoms with Crippen LogP contribution in [0.1, 0.15) is 15.9 Å². The summed E-state index contributed by atoms with van der Waals surface area (Å²) in [6.07, 6.45) is 1.27. The molecule has 0 radical (unpaired) electrons.